The smallest absolute Gasteiger partial charge is 0.437 e. The summed E-state index contributed by atoms with van der Waals surface area (Å²) in [5.41, 5.74) is -4.02. The van der Waals surface area contributed by atoms with Crippen molar-refractivity contribution in [3.63, 3.8) is 0 Å². The largest absolute Gasteiger partial charge is 0.508 e. The first-order valence-electron chi connectivity index (χ1n) is 8.35. The number of urea groups is 1. The molecule has 2 aromatic carbocycles. The molecule has 150 valence electrons. The van der Waals surface area contributed by atoms with Gasteiger partial charge in [0.2, 0.25) is 0 Å². The van der Waals surface area contributed by atoms with E-state index in [1.807, 2.05) is 0 Å². The van der Waals surface area contributed by atoms with Gasteiger partial charge in [0.15, 0.2) is 0 Å². The SMILES string of the molecule is CCOC(=O)C1C(c2c(O)ccc3ccccc23)NC(=O)NC1(O)C(F)(F)F. The van der Waals surface area contributed by atoms with Crippen LogP contribution in [0.3, 0.4) is 0 Å². The van der Waals surface area contributed by atoms with Crippen LogP contribution in [0.2, 0.25) is 0 Å². The number of halogens is 3. The van der Waals surface area contributed by atoms with Crippen LogP contribution in [0.5, 0.6) is 5.75 Å². The second-order valence-electron chi connectivity index (χ2n) is 6.29. The molecule has 7 nitrogen and oxygen atoms in total. The summed E-state index contributed by atoms with van der Waals surface area (Å²) < 4.78 is 45.8. The number of rotatable bonds is 3. The van der Waals surface area contributed by atoms with Crippen LogP contribution < -0.4 is 10.6 Å². The third kappa shape index (κ3) is 3.09. The number of hydrogen-bond acceptors (Lipinski definition) is 5. The zero-order valence-corrected chi connectivity index (χ0v) is 14.6. The van der Waals surface area contributed by atoms with Gasteiger partial charge in [0.1, 0.15) is 11.7 Å². The molecule has 3 atom stereocenters. The maximum absolute atomic E-state index is 13.7. The van der Waals surface area contributed by atoms with E-state index < -0.39 is 41.6 Å². The number of carbonyl (C=O) groups excluding carboxylic acids is 2. The monoisotopic (exact) mass is 398 g/mol. The van der Waals surface area contributed by atoms with Crippen molar-refractivity contribution < 1.29 is 37.7 Å². The molecule has 28 heavy (non-hydrogen) atoms. The van der Waals surface area contributed by atoms with Crippen molar-refractivity contribution >= 4 is 22.8 Å². The normalized spacial score (nSPS) is 25.1. The van der Waals surface area contributed by atoms with Crippen molar-refractivity contribution in [1.29, 1.82) is 0 Å². The second kappa shape index (κ2) is 6.86. The van der Waals surface area contributed by atoms with Gasteiger partial charge in [-0.1, -0.05) is 30.3 Å². The quantitative estimate of drug-likeness (QED) is 0.594. The fraction of sp³-hybridized carbons (Fsp3) is 0.333. The number of amides is 2. The second-order valence-corrected chi connectivity index (χ2v) is 6.29. The molecule has 0 aromatic heterocycles. The Balaban J connectivity index is 2.27. The van der Waals surface area contributed by atoms with Crippen LogP contribution in [-0.4, -0.2) is 40.7 Å². The highest BCUT2D eigenvalue weighted by Crippen LogP contribution is 2.46. The van der Waals surface area contributed by atoms with Crippen molar-refractivity contribution in [2.75, 3.05) is 6.61 Å². The zero-order chi connectivity index (χ0) is 20.7. The highest BCUT2D eigenvalue weighted by Gasteiger charge is 2.67. The Kier molecular flexibility index (Phi) is 4.84. The highest BCUT2D eigenvalue weighted by atomic mass is 19.4. The van der Waals surface area contributed by atoms with Crippen LogP contribution in [0, 0.1) is 5.92 Å². The molecule has 4 N–H and O–H groups in total. The number of aliphatic hydroxyl groups is 1. The van der Waals surface area contributed by atoms with Crippen LogP contribution in [0.25, 0.3) is 10.8 Å². The number of esters is 1. The molecule has 1 aliphatic rings. The van der Waals surface area contributed by atoms with E-state index in [4.69, 9.17) is 4.74 Å². The number of ether oxygens (including phenoxy) is 1. The standard InChI is InChI=1S/C18H17F3N2O5/c1-2-28-15(25)13-14(22-16(26)23-17(13,27)18(19,20)21)12-10-6-4-3-5-9(10)7-8-11(12)24/h3-8,13-14,24,27H,2H2,1H3,(H2,22,23,26). The maximum Gasteiger partial charge on any atom is 0.437 e. The van der Waals surface area contributed by atoms with Crippen LogP contribution in [0.1, 0.15) is 18.5 Å². The molecule has 3 unspecified atom stereocenters. The fourth-order valence-electron chi connectivity index (χ4n) is 3.39. The molecule has 0 saturated carbocycles. The zero-order valence-electron chi connectivity index (χ0n) is 14.6. The average Bonchev–Trinajstić information content (AvgIpc) is 2.60. The van der Waals surface area contributed by atoms with Gasteiger partial charge >= 0.3 is 18.2 Å². The lowest BCUT2D eigenvalue weighted by Gasteiger charge is -2.44. The molecule has 1 aliphatic heterocycles. The first-order valence-corrected chi connectivity index (χ1v) is 8.35. The molecular weight excluding hydrogens is 381 g/mol. The summed E-state index contributed by atoms with van der Waals surface area (Å²) >= 11 is 0. The van der Waals surface area contributed by atoms with Crippen molar-refractivity contribution in [2.24, 2.45) is 5.92 Å². The number of nitrogens with one attached hydrogen (secondary N) is 2. The van der Waals surface area contributed by atoms with Crippen molar-refractivity contribution in [1.82, 2.24) is 10.6 Å². The average molecular weight is 398 g/mol. The van der Waals surface area contributed by atoms with Crippen molar-refractivity contribution in [2.45, 2.75) is 24.9 Å². The fourth-order valence-corrected chi connectivity index (χ4v) is 3.39. The first-order chi connectivity index (χ1) is 13.1. The number of fused-ring (bicyclic) bond motifs is 1. The summed E-state index contributed by atoms with van der Waals surface area (Å²) in [7, 11) is 0. The Labute approximate surface area is 157 Å². The van der Waals surface area contributed by atoms with E-state index >= 15 is 0 Å². The minimum absolute atomic E-state index is 0.131. The summed E-state index contributed by atoms with van der Waals surface area (Å²) in [4.78, 5) is 24.4. The van der Waals surface area contributed by atoms with Gasteiger partial charge in [0.05, 0.1) is 12.6 Å². The van der Waals surface area contributed by atoms with Gasteiger partial charge in [0, 0.05) is 5.56 Å². The third-order valence-corrected chi connectivity index (χ3v) is 4.61. The first kappa shape index (κ1) is 19.7. The van der Waals surface area contributed by atoms with E-state index in [0.29, 0.717) is 10.8 Å². The molecule has 2 amide bonds. The molecule has 0 radical (unpaired) electrons. The number of hydrogen-bond donors (Lipinski definition) is 4. The molecule has 1 saturated heterocycles. The van der Waals surface area contributed by atoms with Gasteiger partial charge in [-0.15, -0.1) is 0 Å². The van der Waals surface area contributed by atoms with E-state index in [0.717, 1.165) is 0 Å². The third-order valence-electron chi connectivity index (χ3n) is 4.61. The Hall–Kier alpha value is -3.01. The van der Waals surface area contributed by atoms with Gasteiger partial charge < -0.3 is 25.6 Å². The lowest BCUT2D eigenvalue weighted by atomic mass is 9.80. The van der Waals surface area contributed by atoms with E-state index in [2.05, 4.69) is 5.32 Å². The summed E-state index contributed by atoms with van der Waals surface area (Å²) in [6.45, 7) is 1.15. The number of carbonyl (C=O) groups is 2. The molecule has 0 bridgehead atoms. The van der Waals surface area contributed by atoms with Crippen LogP contribution in [0.4, 0.5) is 18.0 Å². The topological polar surface area (TPSA) is 108 Å². The molecule has 3 rings (SSSR count). The minimum atomic E-state index is -5.39. The molecule has 0 spiro atoms. The predicted molar refractivity (Wildman–Crippen MR) is 91.1 cm³/mol. The summed E-state index contributed by atoms with van der Waals surface area (Å²) in [5, 5.41) is 25.2. The summed E-state index contributed by atoms with van der Waals surface area (Å²) in [5.74, 6) is -4.13. The van der Waals surface area contributed by atoms with Crippen LogP contribution in [0.15, 0.2) is 36.4 Å². The molecule has 10 heteroatoms. The molecular formula is C18H17F3N2O5. The Morgan fingerprint density at radius 3 is 2.57 bits per heavy atom. The summed E-state index contributed by atoms with van der Waals surface area (Å²) in [6.07, 6.45) is -5.39. The Morgan fingerprint density at radius 1 is 1.25 bits per heavy atom. The minimum Gasteiger partial charge on any atom is -0.508 e. The van der Waals surface area contributed by atoms with E-state index in [1.165, 1.54) is 30.4 Å². The molecule has 1 fully saturated rings. The summed E-state index contributed by atoms with van der Waals surface area (Å²) in [6, 6.07) is 6.16. The number of phenols is 1. The molecule has 1 heterocycles. The Bertz CT molecular complexity index is 933. The van der Waals surface area contributed by atoms with Crippen LogP contribution >= 0.6 is 0 Å². The lowest BCUT2D eigenvalue weighted by molar-refractivity contribution is -0.294. The van der Waals surface area contributed by atoms with Crippen molar-refractivity contribution in [3.8, 4) is 5.75 Å². The van der Waals surface area contributed by atoms with Gasteiger partial charge in [-0.3, -0.25) is 4.79 Å². The Morgan fingerprint density at radius 2 is 1.93 bits per heavy atom. The number of benzene rings is 2. The number of aromatic hydroxyl groups is 1. The van der Waals surface area contributed by atoms with Crippen molar-refractivity contribution in [3.05, 3.63) is 42.0 Å². The molecule has 0 aliphatic carbocycles. The lowest BCUT2D eigenvalue weighted by Crippen LogP contribution is -2.73. The van der Waals surface area contributed by atoms with E-state index in [9.17, 15) is 33.0 Å². The van der Waals surface area contributed by atoms with Gasteiger partial charge in [-0.2, -0.15) is 13.2 Å². The molecule has 2 aromatic rings. The van der Waals surface area contributed by atoms with E-state index in [1.54, 1.807) is 18.2 Å². The van der Waals surface area contributed by atoms with E-state index in [-0.39, 0.29) is 12.2 Å². The van der Waals surface area contributed by atoms with Gasteiger partial charge in [-0.05, 0) is 23.8 Å². The predicted octanol–water partition coefficient (Wildman–Crippen LogP) is 2.33. The number of phenolic OH excluding ortho intramolecular Hbond substituents is 1. The van der Waals surface area contributed by atoms with Crippen LogP contribution in [-0.2, 0) is 9.53 Å². The number of alkyl halides is 3. The van der Waals surface area contributed by atoms with Gasteiger partial charge in [0.25, 0.3) is 5.72 Å². The maximum atomic E-state index is 13.7. The highest BCUT2D eigenvalue weighted by molar-refractivity contribution is 5.91. The van der Waals surface area contributed by atoms with Gasteiger partial charge in [-0.25, -0.2) is 4.79 Å².